The molecule has 0 bridgehead atoms. The molecule has 1 atom stereocenters. The van der Waals surface area contributed by atoms with Crippen LogP contribution in [0.4, 0.5) is 0 Å². The molecular formula is C27H30N2O3. The van der Waals surface area contributed by atoms with Crippen LogP contribution in [-0.4, -0.2) is 30.4 Å². The number of hydrogen-bond donors (Lipinski definition) is 1. The van der Waals surface area contributed by atoms with E-state index in [0.717, 1.165) is 28.9 Å². The van der Waals surface area contributed by atoms with Crippen LogP contribution in [0.2, 0.25) is 0 Å². The van der Waals surface area contributed by atoms with Gasteiger partial charge in [0.2, 0.25) is 11.8 Å². The van der Waals surface area contributed by atoms with Crippen LogP contribution in [-0.2, 0) is 22.6 Å². The van der Waals surface area contributed by atoms with Gasteiger partial charge in [-0.25, -0.2) is 0 Å². The van der Waals surface area contributed by atoms with Crippen molar-refractivity contribution in [2.45, 2.75) is 32.4 Å². The van der Waals surface area contributed by atoms with Crippen molar-refractivity contribution in [3.8, 4) is 5.75 Å². The molecule has 2 amide bonds. The molecule has 0 heterocycles. The smallest absolute Gasteiger partial charge is 0.247 e. The third-order valence-electron chi connectivity index (χ3n) is 5.37. The second kappa shape index (κ2) is 11.7. The van der Waals surface area contributed by atoms with Gasteiger partial charge in [-0.2, -0.15) is 0 Å². The molecule has 1 unspecified atom stereocenters. The van der Waals surface area contributed by atoms with E-state index in [1.165, 1.54) is 0 Å². The zero-order valence-corrected chi connectivity index (χ0v) is 18.7. The molecule has 0 saturated heterocycles. The maximum Gasteiger partial charge on any atom is 0.247 e. The van der Waals surface area contributed by atoms with Gasteiger partial charge in [-0.1, -0.05) is 79.7 Å². The molecule has 0 fully saturated rings. The van der Waals surface area contributed by atoms with Crippen LogP contribution < -0.4 is 10.1 Å². The highest BCUT2D eigenvalue weighted by molar-refractivity contribution is 5.88. The predicted octanol–water partition coefficient (Wildman–Crippen LogP) is 4.53. The van der Waals surface area contributed by atoms with Crippen molar-refractivity contribution in [2.24, 2.45) is 0 Å². The Morgan fingerprint density at radius 1 is 0.875 bits per heavy atom. The normalized spacial score (nSPS) is 11.4. The summed E-state index contributed by atoms with van der Waals surface area (Å²) in [4.78, 5) is 28.0. The van der Waals surface area contributed by atoms with Crippen molar-refractivity contribution in [1.29, 1.82) is 0 Å². The first-order valence-electron chi connectivity index (χ1n) is 10.9. The third-order valence-corrected chi connectivity index (χ3v) is 5.37. The third kappa shape index (κ3) is 6.20. The Morgan fingerprint density at radius 2 is 1.50 bits per heavy atom. The van der Waals surface area contributed by atoms with Crippen molar-refractivity contribution < 1.29 is 14.3 Å². The molecule has 0 spiro atoms. The number of rotatable bonds is 10. The second-order valence-corrected chi connectivity index (χ2v) is 7.56. The maximum absolute atomic E-state index is 13.4. The molecule has 5 heteroatoms. The molecule has 5 nitrogen and oxygen atoms in total. The van der Waals surface area contributed by atoms with Crippen molar-refractivity contribution >= 4 is 11.8 Å². The average Bonchev–Trinajstić information content (AvgIpc) is 2.85. The first kappa shape index (κ1) is 23.1. The molecule has 0 aromatic heterocycles. The van der Waals surface area contributed by atoms with E-state index in [1.54, 1.807) is 12.0 Å². The fraction of sp³-hybridized carbons (Fsp3) is 0.259. The number of amides is 2. The van der Waals surface area contributed by atoms with Gasteiger partial charge in [0.15, 0.2) is 0 Å². The Kier molecular flexibility index (Phi) is 8.44. The van der Waals surface area contributed by atoms with Crippen LogP contribution in [0.5, 0.6) is 5.75 Å². The van der Waals surface area contributed by atoms with Crippen molar-refractivity contribution in [1.82, 2.24) is 10.2 Å². The molecule has 3 rings (SSSR count). The Bertz CT molecular complexity index is 988. The Labute approximate surface area is 190 Å². The minimum absolute atomic E-state index is 0.0760. The van der Waals surface area contributed by atoms with Crippen LogP contribution in [0.15, 0.2) is 84.9 Å². The number of ether oxygens (including phenoxy) is 1. The lowest BCUT2D eigenvalue weighted by Gasteiger charge is -2.31. The fourth-order valence-electron chi connectivity index (χ4n) is 3.63. The number of nitrogens with one attached hydrogen (secondary N) is 1. The summed E-state index contributed by atoms with van der Waals surface area (Å²) in [5.41, 5.74) is 2.88. The quantitative estimate of drug-likeness (QED) is 0.514. The minimum atomic E-state index is -0.707. The predicted molar refractivity (Wildman–Crippen MR) is 126 cm³/mol. The topological polar surface area (TPSA) is 58.6 Å². The van der Waals surface area contributed by atoms with E-state index in [9.17, 15) is 9.59 Å². The molecule has 166 valence electrons. The van der Waals surface area contributed by atoms with Gasteiger partial charge in [0, 0.05) is 19.5 Å². The average molecular weight is 431 g/mol. The monoisotopic (exact) mass is 430 g/mol. The zero-order chi connectivity index (χ0) is 22.8. The standard InChI is InChI=1S/C27H30N2O3/c1-3-25(30)29(20-22-14-16-24(32-2)17-15-22)26(23-12-8-5-9-13-23)27(31)28-19-18-21-10-6-4-7-11-21/h4-17,26H,3,18-20H2,1-2H3,(H,28,31). The van der Waals surface area contributed by atoms with Crippen molar-refractivity contribution in [3.63, 3.8) is 0 Å². The fourth-order valence-corrected chi connectivity index (χ4v) is 3.63. The Balaban J connectivity index is 1.82. The molecular weight excluding hydrogens is 400 g/mol. The van der Waals surface area contributed by atoms with Crippen LogP contribution >= 0.6 is 0 Å². The highest BCUT2D eigenvalue weighted by Gasteiger charge is 2.30. The van der Waals surface area contributed by atoms with Gasteiger partial charge in [0.05, 0.1) is 7.11 Å². The van der Waals surface area contributed by atoms with Gasteiger partial charge in [0.25, 0.3) is 0 Å². The molecule has 0 radical (unpaired) electrons. The number of benzene rings is 3. The van der Waals surface area contributed by atoms with E-state index < -0.39 is 6.04 Å². The summed E-state index contributed by atoms with van der Waals surface area (Å²) in [5.74, 6) is 0.496. The lowest BCUT2D eigenvalue weighted by atomic mass is 10.0. The van der Waals surface area contributed by atoms with Crippen LogP contribution in [0.1, 0.15) is 36.1 Å². The van der Waals surface area contributed by atoms with Crippen molar-refractivity contribution in [2.75, 3.05) is 13.7 Å². The number of hydrogen-bond acceptors (Lipinski definition) is 3. The van der Waals surface area contributed by atoms with Crippen LogP contribution in [0.25, 0.3) is 0 Å². The Morgan fingerprint density at radius 3 is 2.09 bits per heavy atom. The van der Waals surface area contributed by atoms with E-state index >= 15 is 0 Å². The van der Waals surface area contributed by atoms with E-state index in [0.29, 0.717) is 19.5 Å². The molecule has 1 N–H and O–H groups in total. The molecule has 3 aromatic rings. The summed E-state index contributed by atoms with van der Waals surface area (Å²) in [7, 11) is 1.62. The lowest BCUT2D eigenvalue weighted by molar-refractivity contribution is -0.141. The highest BCUT2D eigenvalue weighted by Crippen LogP contribution is 2.25. The van der Waals surface area contributed by atoms with E-state index in [1.807, 2.05) is 91.9 Å². The zero-order valence-electron chi connectivity index (χ0n) is 18.7. The summed E-state index contributed by atoms with van der Waals surface area (Å²) in [6, 6.07) is 26.4. The summed E-state index contributed by atoms with van der Waals surface area (Å²) < 4.78 is 5.23. The number of carbonyl (C=O) groups is 2. The molecule has 3 aromatic carbocycles. The van der Waals surface area contributed by atoms with Gasteiger partial charge in [-0.05, 0) is 35.2 Å². The van der Waals surface area contributed by atoms with E-state index in [2.05, 4.69) is 5.32 Å². The van der Waals surface area contributed by atoms with E-state index in [4.69, 9.17) is 4.74 Å². The first-order valence-corrected chi connectivity index (χ1v) is 10.9. The SMILES string of the molecule is CCC(=O)N(Cc1ccc(OC)cc1)C(C(=O)NCCc1ccccc1)c1ccccc1. The lowest BCUT2D eigenvalue weighted by Crippen LogP contribution is -2.43. The van der Waals surface area contributed by atoms with Gasteiger partial charge in [-0.3, -0.25) is 9.59 Å². The van der Waals surface area contributed by atoms with Gasteiger partial charge in [-0.15, -0.1) is 0 Å². The number of carbonyl (C=O) groups excluding carboxylic acids is 2. The van der Waals surface area contributed by atoms with Crippen molar-refractivity contribution in [3.05, 3.63) is 102 Å². The summed E-state index contributed by atoms with van der Waals surface area (Å²) in [5, 5.41) is 3.04. The van der Waals surface area contributed by atoms with Gasteiger partial charge >= 0.3 is 0 Å². The summed E-state index contributed by atoms with van der Waals surface area (Å²) in [6.45, 7) is 2.66. The van der Waals surface area contributed by atoms with E-state index in [-0.39, 0.29) is 11.8 Å². The molecule has 0 aliphatic heterocycles. The maximum atomic E-state index is 13.4. The Hall–Kier alpha value is -3.60. The molecule has 0 aliphatic carbocycles. The first-order chi connectivity index (χ1) is 15.6. The minimum Gasteiger partial charge on any atom is -0.497 e. The van der Waals surface area contributed by atoms with Crippen LogP contribution in [0, 0.1) is 0 Å². The van der Waals surface area contributed by atoms with Gasteiger partial charge in [0.1, 0.15) is 11.8 Å². The second-order valence-electron chi connectivity index (χ2n) is 7.56. The molecule has 32 heavy (non-hydrogen) atoms. The molecule has 0 aliphatic rings. The summed E-state index contributed by atoms with van der Waals surface area (Å²) >= 11 is 0. The molecule has 0 saturated carbocycles. The summed E-state index contributed by atoms with van der Waals surface area (Å²) in [6.07, 6.45) is 1.05. The van der Waals surface area contributed by atoms with Gasteiger partial charge < -0.3 is 15.0 Å². The van der Waals surface area contributed by atoms with Crippen LogP contribution in [0.3, 0.4) is 0 Å². The largest absolute Gasteiger partial charge is 0.497 e. The highest BCUT2D eigenvalue weighted by atomic mass is 16.5. The number of methoxy groups -OCH3 is 1. The number of nitrogens with zero attached hydrogens (tertiary/aromatic N) is 1.